The van der Waals surface area contributed by atoms with Gasteiger partial charge in [0.1, 0.15) is 0 Å². The molecule has 1 aliphatic rings. The summed E-state index contributed by atoms with van der Waals surface area (Å²) in [6.45, 7) is 6.52. The van der Waals surface area contributed by atoms with Crippen molar-refractivity contribution in [2.75, 3.05) is 18.8 Å². The van der Waals surface area contributed by atoms with Gasteiger partial charge in [-0.1, -0.05) is 32.0 Å². The predicted molar refractivity (Wildman–Crippen MR) is 78.0 cm³/mol. The average molecular weight is 245 g/mol. The van der Waals surface area contributed by atoms with Crippen molar-refractivity contribution in [1.29, 1.82) is 0 Å². The Labute approximate surface area is 109 Å². The largest absolute Gasteiger partial charge is 0.398 e. The number of benzene rings is 1. The van der Waals surface area contributed by atoms with E-state index in [9.17, 15) is 0 Å². The van der Waals surface area contributed by atoms with Crippen molar-refractivity contribution < 1.29 is 0 Å². The van der Waals surface area contributed by atoms with Gasteiger partial charge in [0.2, 0.25) is 0 Å². The molecule has 2 rings (SSSR count). The first-order valence-electron chi connectivity index (χ1n) is 6.79. The highest BCUT2D eigenvalue weighted by Gasteiger charge is 2.18. The molecule has 3 nitrogen and oxygen atoms in total. The lowest BCUT2D eigenvalue weighted by Gasteiger charge is -2.22. The summed E-state index contributed by atoms with van der Waals surface area (Å²) >= 11 is 0. The molecule has 0 aliphatic carbocycles. The van der Waals surface area contributed by atoms with E-state index in [1.54, 1.807) is 0 Å². The van der Waals surface area contributed by atoms with Crippen LogP contribution < -0.4 is 11.1 Å². The van der Waals surface area contributed by atoms with Gasteiger partial charge in [0.25, 0.3) is 0 Å². The number of piperidine rings is 1. The molecule has 1 heterocycles. The molecule has 0 aromatic heterocycles. The molecule has 0 radical (unpaired) electrons. The number of para-hydroxylation sites is 1. The third-order valence-electron chi connectivity index (χ3n) is 3.45. The summed E-state index contributed by atoms with van der Waals surface area (Å²) in [6.07, 6.45) is 2.13. The SMILES string of the molecule is CC(C)C(N=C1CCNCC1)c1ccccc1N. The number of nitrogens with zero attached hydrogens (tertiary/aromatic N) is 1. The first-order chi connectivity index (χ1) is 8.68. The third-order valence-corrected chi connectivity index (χ3v) is 3.45. The minimum absolute atomic E-state index is 0.194. The van der Waals surface area contributed by atoms with Crippen LogP contribution >= 0.6 is 0 Å². The normalized spacial score (nSPS) is 17.8. The van der Waals surface area contributed by atoms with E-state index >= 15 is 0 Å². The molecular weight excluding hydrogens is 222 g/mol. The Bertz CT molecular complexity index is 416. The average Bonchev–Trinajstić information content (AvgIpc) is 2.38. The number of aliphatic imine (C=N–C) groups is 1. The predicted octanol–water partition coefficient (Wildman–Crippen LogP) is 2.79. The molecule has 1 saturated heterocycles. The standard InChI is InChI=1S/C15H23N3/c1-11(2)15(13-5-3-4-6-14(13)16)18-12-7-9-17-10-8-12/h3-6,11,15,17H,7-10,16H2,1-2H3. The van der Waals surface area contributed by atoms with Crippen molar-refractivity contribution in [3.8, 4) is 0 Å². The lowest BCUT2D eigenvalue weighted by molar-refractivity contribution is 0.512. The molecule has 98 valence electrons. The zero-order chi connectivity index (χ0) is 13.0. The van der Waals surface area contributed by atoms with E-state index in [-0.39, 0.29) is 6.04 Å². The topological polar surface area (TPSA) is 50.4 Å². The molecule has 0 bridgehead atoms. The van der Waals surface area contributed by atoms with E-state index < -0.39 is 0 Å². The Hall–Kier alpha value is -1.35. The van der Waals surface area contributed by atoms with Gasteiger partial charge in [-0.15, -0.1) is 0 Å². The van der Waals surface area contributed by atoms with Crippen molar-refractivity contribution in [3.63, 3.8) is 0 Å². The van der Waals surface area contributed by atoms with E-state index in [0.717, 1.165) is 31.6 Å². The maximum atomic E-state index is 6.08. The number of rotatable bonds is 3. The van der Waals surface area contributed by atoms with Gasteiger partial charge in [-0.2, -0.15) is 0 Å². The first kappa shape index (κ1) is 13.1. The van der Waals surface area contributed by atoms with Gasteiger partial charge < -0.3 is 11.1 Å². The van der Waals surface area contributed by atoms with E-state index in [2.05, 4.69) is 25.2 Å². The second-order valence-electron chi connectivity index (χ2n) is 5.26. The fraction of sp³-hybridized carbons (Fsp3) is 0.533. The molecule has 0 saturated carbocycles. The molecule has 18 heavy (non-hydrogen) atoms. The zero-order valence-corrected chi connectivity index (χ0v) is 11.3. The highest BCUT2D eigenvalue weighted by molar-refractivity contribution is 5.85. The van der Waals surface area contributed by atoms with Crippen LogP contribution in [0.4, 0.5) is 5.69 Å². The van der Waals surface area contributed by atoms with Gasteiger partial charge in [-0.25, -0.2) is 0 Å². The van der Waals surface area contributed by atoms with E-state index in [1.165, 1.54) is 11.3 Å². The minimum atomic E-state index is 0.194. The monoisotopic (exact) mass is 245 g/mol. The summed E-state index contributed by atoms with van der Waals surface area (Å²) < 4.78 is 0. The number of nitrogen functional groups attached to an aromatic ring is 1. The zero-order valence-electron chi connectivity index (χ0n) is 11.3. The van der Waals surface area contributed by atoms with E-state index in [0.29, 0.717) is 5.92 Å². The lowest BCUT2D eigenvalue weighted by Crippen LogP contribution is -2.28. The highest BCUT2D eigenvalue weighted by Crippen LogP contribution is 2.30. The Morgan fingerprint density at radius 1 is 1.17 bits per heavy atom. The van der Waals surface area contributed by atoms with Crippen LogP contribution in [-0.4, -0.2) is 18.8 Å². The van der Waals surface area contributed by atoms with Crippen LogP contribution in [0.5, 0.6) is 0 Å². The van der Waals surface area contributed by atoms with Gasteiger partial charge in [0, 0.05) is 24.5 Å². The quantitative estimate of drug-likeness (QED) is 0.805. The summed E-state index contributed by atoms with van der Waals surface area (Å²) in [5, 5.41) is 3.36. The fourth-order valence-corrected chi connectivity index (χ4v) is 2.40. The van der Waals surface area contributed by atoms with Gasteiger partial charge >= 0.3 is 0 Å². The summed E-state index contributed by atoms with van der Waals surface area (Å²) in [4.78, 5) is 4.96. The number of nitrogens with two attached hydrogens (primary N) is 1. The first-order valence-corrected chi connectivity index (χ1v) is 6.79. The highest BCUT2D eigenvalue weighted by atomic mass is 14.9. The molecular formula is C15H23N3. The van der Waals surface area contributed by atoms with E-state index in [4.69, 9.17) is 10.7 Å². The number of nitrogens with one attached hydrogen (secondary N) is 1. The van der Waals surface area contributed by atoms with Crippen molar-refractivity contribution in [1.82, 2.24) is 5.32 Å². The second-order valence-corrected chi connectivity index (χ2v) is 5.26. The van der Waals surface area contributed by atoms with Crippen LogP contribution in [0.3, 0.4) is 0 Å². The van der Waals surface area contributed by atoms with Gasteiger partial charge in [0.15, 0.2) is 0 Å². The molecule has 1 atom stereocenters. The number of anilines is 1. The molecule has 3 heteroatoms. The summed E-state index contributed by atoms with van der Waals surface area (Å²) in [5.41, 5.74) is 9.43. The van der Waals surface area contributed by atoms with E-state index in [1.807, 2.05) is 18.2 Å². The van der Waals surface area contributed by atoms with Crippen LogP contribution in [0, 0.1) is 5.92 Å². The van der Waals surface area contributed by atoms with Crippen molar-refractivity contribution in [3.05, 3.63) is 29.8 Å². The summed E-state index contributed by atoms with van der Waals surface area (Å²) in [5.74, 6) is 0.470. The molecule has 1 unspecified atom stereocenters. The smallest absolute Gasteiger partial charge is 0.0791 e. The van der Waals surface area contributed by atoms with Crippen molar-refractivity contribution in [2.24, 2.45) is 10.9 Å². The molecule has 1 aromatic carbocycles. The number of hydrogen-bond acceptors (Lipinski definition) is 3. The molecule has 1 aromatic rings. The molecule has 3 N–H and O–H groups in total. The van der Waals surface area contributed by atoms with Gasteiger partial charge in [-0.05, 0) is 30.4 Å². The fourth-order valence-electron chi connectivity index (χ4n) is 2.40. The van der Waals surface area contributed by atoms with Gasteiger partial charge in [0.05, 0.1) is 6.04 Å². The van der Waals surface area contributed by atoms with Crippen LogP contribution in [0.2, 0.25) is 0 Å². The Balaban J connectivity index is 2.26. The number of hydrogen-bond donors (Lipinski definition) is 2. The molecule has 1 aliphatic heterocycles. The Morgan fingerprint density at radius 2 is 1.83 bits per heavy atom. The van der Waals surface area contributed by atoms with Gasteiger partial charge in [-0.3, -0.25) is 4.99 Å². The second kappa shape index (κ2) is 6.01. The Morgan fingerprint density at radius 3 is 2.44 bits per heavy atom. The van der Waals surface area contributed by atoms with Crippen LogP contribution in [0.1, 0.15) is 38.3 Å². The summed E-state index contributed by atoms with van der Waals surface area (Å²) in [6, 6.07) is 8.29. The molecule has 1 fully saturated rings. The maximum absolute atomic E-state index is 6.08. The Kier molecular flexibility index (Phi) is 4.37. The van der Waals surface area contributed by atoms with Crippen LogP contribution in [0.25, 0.3) is 0 Å². The maximum Gasteiger partial charge on any atom is 0.0791 e. The summed E-state index contributed by atoms with van der Waals surface area (Å²) in [7, 11) is 0. The minimum Gasteiger partial charge on any atom is -0.398 e. The molecule has 0 spiro atoms. The van der Waals surface area contributed by atoms with Crippen molar-refractivity contribution in [2.45, 2.75) is 32.7 Å². The third kappa shape index (κ3) is 3.10. The van der Waals surface area contributed by atoms with Crippen LogP contribution in [-0.2, 0) is 0 Å². The van der Waals surface area contributed by atoms with Crippen molar-refractivity contribution >= 4 is 11.4 Å². The lowest BCUT2D eigenvalue weighted by atomic mass is 9.94. The van der Waals surface area contributed by atoms with Crippen LogP contribution in [0.15, 0.2) is 29.3 Å². The molecule has 0 amide bonds.